The van der Waals surface area contributed by atoms with Gasteiger partial charge in [0.2, 0.25) is 0 Å². The van der Waals surface area contributed by atoms with Gasteiger partial charge in [0.05, 0.1) is 12.8 Å². The third-order valence-corrected chi connectivity index (χ3v) is 2.23. The molecule has 2 radical (unpaired) electrons. The van der Waals surface area contributed by atoms with E-state index in [1.807, 2.05) is 18.2 Å². The molecule has 1 rings (SSSR count). The summed E-state index contributed by atoms with van der Waals surface area (Å²) in [5.74, 6) is 0. The summed E-state index contributed by atoms with van der Waals surface area (Å²) in [5.41, 5.74) is 1.86. The Morgan fingerprint density at radius 2 is 2.11 bits per heavy atom. The van der Waals surface area contributed by atoms with Crippen molar-refractivity contribution in [2.45, 2.75) is 13.5 Å². The summed E-state index contributed by atoms with van der Waals surface area (Å²) < 4.78 is 4.66. The van der Waals surface area contributed by atoms with Gasteiger partial charge in [0.15, 0.2) is 0 Å². The predicted molar refractivity (Wildman–Crippen MR) is 70.9 cm³/mol. The lowest BCUT2D eigenvalue weighted by Crippen LogP contribution is -2.26. The van der Waals surface area contributed by atoms with Gasteiger partial charge in [-0.25, -0.2) is 4.79 Å². The van der Waals surface area contributed by atoms with Gasteiger partial charge in [-0.2, -0.15) is 0 Å². The van der Waals surface area contributed by atoms with Crippen LogP contribution in [0, 0.1) is 0 Å². The molecule has 0 atom stereocenters. The first kappa shape index (κ1) is 14.1. The van der Waals surface area contributed by atoms with Gasteiger partial charge >= 0.3 is 6.09 Å². The van der Waals surface area contributed by atoms with Crippen LogP contribution in [0.1, 0.15) is 12.5 Å². The third kappa shape index (κ3) is 3.80. The number of benzene rings is 1. The number of hydrogen-bond donors (Lipinski definition) is 0. The Balaban J connectivity index is 2.85. The minimum absolute atomic E-state index is 0.228. The van der Waals surface area contributed by atoms with E-state index in [-0.39, 0.29) is 6.61 Å². The normalized spacial score (nSPS) is 10.9. The smallest absolute Gasteiger partial charge is 0.413 e. The lowest BCUT2D eigenvalue weighted by atomic mass is 10.1. The van der Waals surface area contributed by atoms with Crippen LogP contribution < -0.4 is 4.90 Å². The number of hydrogen-bond acceptors (Lipinski definition) is 4. The van der Waals surface area contributed by atoms with Gasteiger partial charge in [0.25, 0.3) is 0 Å². The van der Waals surface area contributed by atoms with Gasteiger partial charge in [-0.3, -0.25) is 4.90 Å². The number of ether oxygens (including phenoxy) is 1. The van der Waals surface area contributed by atoms with Crippen molar-refractivity contribution in [2.75, 3.05) is 19.1 Å². The Hall–Kier alpha value is -1.98. The van der Waals surface area contributed by atoms with Crippen molar-refractivity contribution in [1.29, 1.82) is 0 Å². The molecule has 1 aromatic rings. The van der Waals surface area contributed by atoms with E-state index >= 15 is 0 Å². The van der Waals surface area contributed by atoms with Gasteiger partial charge < -0.3 is 9.57 Å². The summed E-state index contributed by atoms with van der Waals surface area (Å²) in [7, 11) is 8.33. The van der Waals surface area contributed by atoms with Gasteiger partial charge in [-0.15, -0.1) is 5.16 Å². The summed E-state index contributed by atoms with van der Waals surface area (Å²) in [6, 6.07) is 7.33. The molecule has 0 spiro atoms. The predicted octanol–water partition coefficient (Wildman–Crippen LogP) is 1.91. The van der Waals surface area contributed by atoms with Crippen molar-refractivity contribution >= 4 is 25.2 Å². The number of carbonyl (C=O) groups is 1. The molecule has 0 saturated carbocycles. The molecule has 0 saturated heterocycles. The van der Waals surface area contributed by atoms with Crippen LogP contribution >= 0.6 is 0 Å². The van der Waals surface area contributed by atoms with Crippen LogP contribution in [0.5, 0.6) is 0 Å². The second kappa shape index (κ2) is 6.69. The van der Waals surface area contributed by atoms with Gasteiger partial charge in [0, 0.05) is 18.2 Å². The Morgan fingerprint density at radius 3 is 2.72 bits per heavy atom. The molecule has 0 fully saturated rings. The third-order valence-electron chi connectivity index (χ3n) is 2.23. The van der Waals surface area contributed by atoms with Crippen LogP contribution in [-0.4, -0.2) is 33.7 Å². The molecule has 0 aliphatic rings. The molecule has 0 N–H and O–H groups in total. The maximum absolute atomic E-state index is 11.5. The van der Waals surface area contributed by atoms with Crippen LogP contribution in [0.4, 0.5) is 10.5 Å². The zero-order valence-electron chi connectivity index (χ0n) is 10.7. The molecular weight excluding hydrogens is 231 g/mol. The maximum Gasteiger partial charge on any atom is 0.413 e. The molecule has 0 bridgehead atoms. The first-order chi connectivity index (χ1) is 8.56. The van der Waals surface area contributed by atoms with Crippen LogP contribution in [0.2, 0.25) is 0 Å². The highest BCUT2D eigenvalue weighted by Crippen LogP contribution is 2.20. The van der Waals surface area contributed by atoms with E-state index in [4.69, 9.17) is 12.7 Å². The number of oxime groups is 1. The van der Waals surface area contributed by atoms with Crippen molar-refractivity contribution in [3.63, 3.8) is 0 Å². The fourth-order valence-corrected chi connectivity index (χ4v) is 1.40. The zero-order chi connectivity index (χ0) is 13.5. The van der Waals surface area contributed by atoms with Crippen LogP contribution in [-0.2, 0) is 16.2 Å². The Labute approximate surface area is 108 Å². The van der Waals surface area contributed by atoms with Gasteiger partial charge in [-0.05, 0) is 13.0 Å². The molecule has 0 aromatic heterocycles. The highest BCUT2D eigenvalue weighted by Gasteiger charge is 2.14. The standard InChI is InChI=1S/C12H15BN2O3/c1-9(13)14-18-8-10-6-4-5-7-11(10)15(2)12(16)17-3/h4-7H,8H2,1-3H3/b14-9+. The molecule has 0 aliphatic carbocycles. The second-order valence-corrected chi connectivity index (χ2v) is 3.66. The minimum Gasteiger partial charge on any atom is -0.452 e. The van der Waals surface area contributed by atoms with Gasteiger partial charge in [0.1, 0.15) is 14.5 Å². The molecule has 5 nitrogen and oxygen atoms in total. The summed E-state index contributed by atoms with van der Waals surface area (Å²) in [6.45, 7) is 1.86. The van der Waals surface area contributed by atoms with Crippen molar-refractivity contribution < 1.29 is 14.4 Å². The lowest BCUT2D eigenvalue weighted by Gasteiger charge is -2.18. The maximum atomic E-state index is 11.5. The van der Waals surface area contributed by atoms with Crippen molar-refractivity contribution in [3.05, 3.63) is 29.8 Å². The van der Waals surface area contributed by atoms with Crippen LogP contribution in [0.25, 0.3) is 0 Å². The lowest BCUT2D eigenvalue weighted by molar-refractivity contribution is 0.131. The van der Waals surface area contributed by atoms with Crippen molar-refractivity contribution in [2.24, 2.45) is 5.16 Å². The second-order valence-electron chi connectivity index (χ2n) is 3.66. The van der Waals surface area contributed by atoms with Crippen LogP contribution in [0.3, 0.4) is 0 Å². The van der Waals surface area contributed by atoms with E-state index in [1.54, 1.807) is 20.0 Å². The molecule has 1 amide bonds. The average Bonchev–Trinajstić information content (AvgIpc) is 2.37. The Morgan fingerprint density at radius 1 is 1.44 bits per heavy atom. The number of carbonyl (C=O) groups excluding carboxylic acids is 1. The monoisotopic (exact) mass is 246 g/mol. The summed E-state index contributed by atoms with van der Waals surface area (Å²) >= 11 is 0. The molecule has 0 aliphatic heterocycles. The number of rotatable bonds is 4. The number of para-hydroxylation sites is 1. The number of methoxy groups -OCH3 is 1. The quantitative estimate of drug-likeness (QED) is 0.463. The summed E-state index contributed by atoms with van der Waals surface area (Å²) in [5, 5.41) is 3.65. The molecular formula is C12H15BN2O3. The average molecular weight is 246 g/mol. The topological polar surface area (TPSA) is 51.1 Å². The number of amides is 1. The van der Waals surface area contributed by atoms with Gasteiger partial charge in [-0.1, -0.05) is 18.2 Å². The first-order valence-corrected chi connectivity index (χ1v) is 5.38. The SMILES string of the molecule is [B]/C(C)=N/OCc1ccccc1N(C)C(=O)OC. The first-order valence-electron chi connectivity index (χ1n) is 5.38. The van der Waals surface area contributed by atoms with E-state index in [1.165, 1.54) is 12.0 Å². The highest BCUT2D eigenvalue weighted by molar-refractivity contribution is 6.58. The molecule has 18 heavy (non-hydrogen) atoms. The zero-order valence-corrected chi connectivity index (χ0v) is 10.7. The van der Waals surface area contributed by atoms with E-state index in [0.717, 1.165) is 5.56 Å². The van der Waals surface area contributed by atoms with Crippen molar-refractivity contribution in [3.8, 4) is 0 Å². The molecule has 1 aromatic carbocycles. The summed E-state index contributed by atoms with van der Waals surface area (Å²) in [6.07, 6.45) is -0.444. The van der Waals surface area contributed by atoms with E-state index in [9.17, 15) is 4.79 Å². The Kier molecular flexibility index (Phi) is 5.23. The largest absolute Gasteiger partial charge is 0.452 e. The van der Waals surface area contributed by atoms with Crippen LogP contribution in [0.15, 0.2) is 29.4 Å². The fraction of sp³-hybridized carbons (Fsp3) is 0.333. The molecule has 0 heterocycles. The van der Waals surface area contributed by atoms with E-state index in [2.05, 4.69) is 9.89 Å². The minimum atomic E-state index is -0.444. The Bertz CT molecular complexity index is 445. The summed E-state index contributed by atoms with van der Waals surface area (Å²) in [4.78, 5) is 17.9. The number of anilines is 1. The molecule has 0 unspecified atom stereocenters. The molecule has 6 heteroatoms. The fourth-order valence-electron chi connectivity index (χ4n) is 1.40. The number of nitrogens with zero attached hydrogens (tertiary/aromatic N) is 2. The van der Waals surface area contributed by atoms with E-state index < -0.39 is 6.09 Å². The van der Waals surface area contributed by atoms with Crippen molar-refractivity contribution in [1.82, 2.24) is 0 Å². The van der Waals surface area contributed by atoms with E-state index in [0.29, 0.717) is 11.3 Å². The molecule has 94 valence electrons. The highest BCUT2D eigenvalue weighted by atomic mass is 16.6.